The molecule has 12 heteroatoms. The van der Waals surface area contributed by atoms with E-state index in [2.05, 4.69) is 0 Å². The van der Waals surface area contributed by atoms with E-state index in [9.17, 15) is 44.7 Å². The van der Waals surface area contributed by atoms with Crippen LogP contribution in [0.3, 0.4) is 0 Å². The fourth-order valence-electron chi connectivity index (χ4n) is 1.13. The number of hydrogen-bond acceptors (Lipinski definition) is 2. The van der Waals surface area contributed by atoms with Crippen LogP contribution in [0.2, 0.25) is 0 Å². The Morgan fingerprint density at radius 1 is 0.789 bits per heavy atom. The molecule has 1 aromatic heterocycles. The molecule has 0 unspecified atom stereocenters. The van der Waals surface area contributed by atoms with E-state index >= 15 is 0 Å². The van der Waals surface area contributed by atoms with Crippen molar-refractivity contribution in [3.63, 3.8) is 0 Å². The molecule has 2 N–H and O–H groups in total. The smallest absolute Gasteiger partial charge is 0.305 e. The highest BCUT2D eigenvalue weighted by Crippen LogP contribution is 2.45. The van der Waals surface area contributed by atoms with Crippen molar-refractivity contribution in [3.8, 4) is 0 Å². The minimum absolute atomic E-state index is 0.669. The number of aromatic amines is 2. The second-order valence-corrected chi connectivity index (χ2v) is 3.23. The molecule has 1 rings (SSSR count). The largest absolute Gasteiger partial charge is 0.459 e. The van der Waals surface area contributed by atoms with Crippen LogP contribution in [0.5, 0.6) is 0 Å². The molecule has 0 saturated carbocycles. The first-order chi connectivity index (χ1) is 8.28. The van der Waals surface area contributed by atoms with E-state index in [4.69, 9.17) is 0 Å². The van der Waals surface area contributed by atoms with Crippen molar-refractivity contribution in [2.24, 2.45) is 0 Å². The molecular formula is C7H2F8N2O2. The van der Waals surface area contributed by atoms with Gasteiger partial charge in [0.15, 0.2) is 0 Å². The normalized spacial score (nSPS) is 13.7. The zero-order valence-corrected chi connectivity index (χ0v) is 8.34. The number of alkyl halides is 8. The summed E-state index contributed by atoms with van der Waals surface area (Å²) in [5.74, 6) is -6.04. The van der Waals surface area contributed by atoms with Gasteiger partial charge in [-0.25, -0.2) is 4.79 Å². The molecule has 0 aliphatic carbocycles. The van der Waals surface area contributed by atoms with Crippen LogP contribution in [0.1, 0.15) is 11.3 Å². The summed E-state index contributed by atoms with van der Waals surface area (Å²) in [4.78, 5) is 23.0. The summed E-state index contributed by atoms with van der Waals surface area (Å²) in [6.07, 6.45) is -12.2. The molecular weight excluding hydrogens is 296 g/mol. The van der Waals surface area contributed by atoms with E-state index < -0.39 is 40.8 Å². The van der Waals surface area contributed by atoms with Gasteiger partial charge in [0, 0.05) is 0 Å². The molecule has 0 spiro atoms. The molecule has 19 heavy (non-hydrogen) atoms. The van der Waals surface area contributed by atoms with Gasteiger partial charge in [-0.15, -0.1) is 0 Å². The lowest BCUT2D eigenvalue weighted by Crippen LogP contribution is -2.42. The molecule has 0 atom stereocenters. The summed E-state index contributed by atoms with van der Waals surface area (Å²) in [7, 11) is 0. The molecule has 0 radical (unpaired) electrons. The van der Waals surface area contributed by atoms with Gasteiger partial charge in [0.2, 0.25) is 0 Å². The Bertz CT molecular complexity index is 593. The first-order valence-electron chi connectivity index (χ1n) is 4.17. The molecule has 4 nitrogen and oxygen atoms in total. The van der Waals surface area contributed by atoms with Crippen molar-refractivity contribution >= 4 is 0 Å². The number of H-pyrrole nitrogens is 2. The summed E-state index contributed by atoms with van der Waals surface area (Å²) in [5.41, 5.74) is -9.97. The second kappa shape index (κ2) is 4.06. The van der Waals surface area contributed by atoms with Gasteiger partial charge in [0.05, 0.1) is 0 Å². The molecule has 0 aromatic carbocycles. The lowest BCUT2D eigenvalue weighted by molar-refractivity contribution is -0.292. The Morgan fingerprint density at radius 2 is 1.26 bits per heavy atom. The minimum atomic E-state index is -6.41. The highest BCUT2D eigenvalue weighted by Gasteiger charge is 2.62. The van der Waals surface area contributed by atoms with E-state index in [1.165, 1.54) is 0 Å². The molecule has 0 aliphatic rings. The van der Waals surface area contributed by atoms with Crippen LogP contribution in [0.15, 0.2) is 9.59 Å². The number of halogens is 8. The highest BCUT2D eigenvalue weighted by molar-refractivity contribution is 5.25. The summed E-state index contributed by atoms with van der Waals surface area (Å²) >= 11 is 0. The van der Waals surface area contributed by atoms with E-state index in [0.717, 1.165) is 4.98 Å². The predicted octanol–water partition coefficient (Wildman–Crippen LogP) is 1.74. The third-order valence-corrected chi connectivity index (χ3v) is 1.90. The Balaban J connectivity index is 3.79. The SMILES string of the molecule is O=c1[nH]c(C(F)(F)C(F)(F)F)c(C(F)(F)F)c(=O)[nH]1. The van der Waals surface area contributed by atoms with Crippen LogP contribution in [-0.4, -0.2) is 16.1 Å². The number of nitrogens with one attached hydrogen (secondary N) is 2. The summed E-state index contributed by atoms with van der Waals surface area (Å²) in [5, 5.41) is 0. The van der Waals surface area contributed by atoms with Crippen molar-refractivity contribution in [1.82, 2.24) is 9.97 Å². The first kappa shape index (κ1) is 15.2. The van der Waals surface area contributed by atoms with Gasteiger partial charge >= 0.3 is 24.0 Å². The van der Waals surface area contributed by atoms with Crippen LogP contribution in [0.4, 0.5) is 35.1 Å². The van der Waals surface area contributed by atoms with E-state index in [-0.39, 0.29) is 0 Å². The lowest BCUT2D eigenvalue weighted by atomic mass is 10.1. The topological polar surface area (TPSA) is 65.7 Å². The maximum Gasteiger partial charge on any atom is 0.459 e. The number of rotatable bonds is 1. The number of aromatic nitrogens is 2. The van der Waals surface area contributed by atoms with E-state index in [1.54, 1.807) is 0 Å². The number of hydrogen-bond donors (Lipinski definition) is 2. The Labute approximate surface area is 96.6 Å². The van der Waals surface area contributed by atoms with Gasteiger partial charge in [0.25, 0.3) is 5.56 Å². The summed E-state index contributed by atoms with van der Waals surface area (Å²) < 4.78 is 98.7. The van der Waals surface area contributed by atoms with Crippen LogP contribution >= 0.6 is 0 Å². The Morgan fingerprint density at radius 3 is 1.63 bits per heavy atom. The average molecular weight is 298 g/mol. The minimum Gasteiger partial charge on any atom is -0.305 e. The van der Waals surface area contributed by atoms with Crippen LogP contribution in [0, 0.1) is 0 Å². The van der Waals surface area contributed by atoms with Gasteiger partial charge in [-0.2, -0.15) is 35.1 Å². The van der Waals surface area contributed by atoms with Crippen LogP contribution < -0.4 is 11.2 Å². The average Bonchev–Trinajstić information content (AvgIpc) is 2.11. The van der Waals surface area contributed by atoms with Gasteiger partial charge in [-0.3, -0.25) is 9.78 Å². The van der Waals surface area contributed by atoms with Gasteiger partial charge in [-0.1, -0.05) is 0 Å². The van der Waals surface area contributed by atoms with Crippen molar-refractivity contribution < 1.29 is 35.1 Å². The molecule has 1 heterocycles. The van der Waals surface area contributed by atoms with E-state index in [1.807, 2.05) is 0 Å². The lowest BCUT2D eigenvalue weighted by Gasteiger charge is -2.21. The Hall–Kier alpha value is -1.88. The molecule has 0 amide bonds. The van der Waals surface area contributed by atoms with Crippen molar-refractivity contribution in [2.75, 3.05) is 0 Å². The van der Waals surface area contributed by atoms with Gasteiger partial charge in [-0.05, 0) is 0 Å². The van der Waals surface area contributed by atoms with Crippen molar-refractivity contribution in [2.45, 2.75) is 18.3 Å². The highest BCUT2D eigenvalue weighted by atomic mass is 19.4. The monoisotopic (exact) mass is 298 g/mol. The van der Waals surface area contributed by atoms with Crippen molar-refractivity contribution in [1.29, 1.82) is 0 Å². The maximum absolute atomic E-state index is 12.9. The van der Waals surface area contributed by atoms with Gasteiger partial charge < -0.3 is 4.98 Å². The molecule has 0 bridgehead atoms. The van der Waals surface area contributed by atoms with Crippen LogP contribution in [0.25, 0.3) is 0 Å². The maximum atomic E-state index is 12.9. The fourth-order valence-corrected chi connectivity index (χ4v) is 1.13. The quantitative estimate of drug-likeness (QED) is 0.776. The zero-order valence-electron chi connectivity index (χ0n) is 8.34. The first-order valence-corrected chi connectivity index (χ1v) is 4.17. The third kappa shape index (κ3) is 2.61. The molecule has 0 saturated heterocycles. The molecule has 1 aromatic rings. The Kier molecular flexibility index (Phi) is 3.25. The molecule has 0 fully saturated rings. The zero-order chi connectivity index (χ0) is 15.2. The second-order valence-electron chi connectivity index (χ2n) is 3.23. The van der Waals surface area contributed by atoms with E-state index in [0.29, 0.717) is 4.98 Å². The predicted molar refractivity (Wildman–Crippen MR) is 42.6 cm³/mol. The third-order valence-electron chi connectivity index (χ3n) is 1.90. The van der Waals surface area contributed by atoms with Gasteiger partial charge in [0.1, 0.15) is 11.3 Å². The van der Waals surface area contributed by atoms with Crippen LogP contribution in [-0.2, 0) is 12.1 Å². The fraction of sp³-hybridized carbons (Fsp3) is 0.429. The summed E-state index contributed by atoms with van der Waals surface area (Å²) in [6, 6.07) is 0. The summed E-state index contributed by atoms with van der Waals surface area (Å²) in [6.45, 7) is 0. The van der Waals surface area contributed by atoms with Crippen molar-refractivity contribution in [3.05, 3.63) is 32.1 Å². The molecule has 108 valence electrons. The molecule has 0 aliphatic heterocycles. The standard InChI is InChI=1S/C7H2F8N2O2/c8-5(9,7(13,14)15)2-1(6(10,11)12)3(18)17-4(19)16-2/h(H2,16,17,18,19).